The Morgan fingerprint density at radius 3 is 2.27 bits per heavy atom. The van der Waals surface area contributed by atoms with Gasteiger partial charge < -0.3 is 26.2 Å². The van der Waals surface area contributed by atoms with Crippen molar-refractivity contribution in [1.82, 2.24) is 0 Å². The fourth-order valence-electron chi connectivity index (χ4n) is 1.13. The summed E-state index contributed by atoms with van der Waals surface area (Å²) in [6, 6.07) is 1.48. The molecule has 1 rings (SSSR count). The molecule has 1 aromatic carbocycles. The van der Waals surface area contributed by atoms with Crippen molar-refractivity contribution in [3.05, 3.63) is 30.0 Å². The van der Waals surface area contributed by atoms with Gasteiger partial charge in [-0.1, -0.05) is 6.58 Å². The number of benzene rings is 1. The first-order valence-corrected chi connectivity index (χ1v) is 4.29. The molecule has 5 heteroatoms. The van der Waals surface area contributed by atoms with Crippen LogP contribution in [0.2, 0.25) is 0 Å². The van der Waals surface area contributed by atoms with E-state index >= 15 is 0 Å². The predicted octanol–water partition coefficient (Wildman–Crippen LogP) is 0.745. The van der Waals surface area contributed by atoms with Crippen molar-refractivity contribution in [2.24, 2.45) is 5.73 Å². The van der Waals surface area contributed by atoms with E-state index in [1.54, 1.807) is 0 Å². The average molecular weight is 211 g/mol. The minimum absolute atomic E-state index is 0.120. The molecular weight excluding hydrogens is 198 g/mol. The van der Waals surface area contributed by atoms with Crippen LogP contribution in [0.25, 0.3) is 0 Å². The van der Waals surface area contributed by atoms with Gasteiger partial charge in [-0.05, 0) is 18.1 Å². The van der Waals surface area contributed by atoms with Crippen LogP contribution in [0.3, 0.4) is 0 Å². The van der Waals surface area contributed by atoms with Gasteiger partial charge in [0.2, 0.25) is 0 Å². The summed E-state index contributed by atoms with van der Waals surface area (Å²) in [7, 11) is 0. The smallest absolute Gasteiger partial charge is 0.161 e. The zero-order valence-electron chi connectivity index (χ0n) is 8.01. The van der Waals surface area contributed by atoms with Gasteiger partial charge in [0.15, 0.2) is 11.5 Å². The van der Waals surface area contributed by atoms with Crippen molar-refractivity contribution in [2.75, 3.05) is 0 Å². The normalized spacial score (nSPS) is 12.3. The molecule has 15 heavy (non-hydrogen) atoms. The Bertz CT molecular complexity index is 389. The third-order valence-electron chi connectivity index (χ3n) is 2.04. The summed E-state index contributed by atoms with van der Waals surface area (Å²) in [6.07, 6.45) is 0.120. The van der Waals surface area contributed by atoms with E-state index in [0.29, 0.717) is 5.56 Å². The Balaban J connectivity index is 2.95. The number of hydrogen-bond acceptors (Lipinski definition) is 5. The highest BCUT2D eigenvalue weighted by Gasteiger charge is 2.13. The van der Waals surface area contributed by atoms with Crippen LogP contribution in [-0.2, 0) is 6.42 Å². The van der Waals surface area contributed by atoms with Gasteiger partial charge in [0.1, 0.15) is 11.5 Å². The molecular formula is C10H13NO4. The van der Waals surface area contributed by atoms with Crippen molar-refractivity contribution >= 4 is 0 Å². The molecule has 0 saturated carbocycles. The Hall–Kier alpha value is -1.88. The highest BCUT2D eigenvalue weighted by atomic mass is 16.3. The van der Waals surface area contributed by atoms with Gasteiger partial charge in [0, 0.05) is 6.07 Å². The first-order chi connectivity index (χ1) is 6.91. The maximum atomic E-state index is 9.41. The zero-order valence-corrected chi connectivity index (χ0v) is 8.01. The number of aliphatic hydroxyl groups is 1. The number of aliphatic hydroxyl groups excluding tert-OH is 1. The topological polar surface area (TPSA) is 107 Å². The summed E-state index contributed by atoms with van der Waals surface area (Å²) in [4.78, 5) is 0. The molecule has 1 atom stereocenters. The van der Waals surface area contributed by atoms with Crippen molar-refractivity contribution in [2.45, 2.75) is 12.5 Å². The fourth-order valence-corrected chi connectivity index (χ4v) is 1.13. The summed E-state index contributed by atoms with van der Waals surface area (Å²) in [5, 5.41) is 36.6. The van der Waals surface area contributed by atoms with Crippen molar-refractivity contribution < 1.29 is 20.4 Å². The number of phenols is 3. The molecule has 0 aliphatic carbocycles. The Morgan fingerprint density at radius 1 is 1.20 bits per heavy atom. The number of phenolic OH excluding ortho intramolecular Hbond substituents is 3. The molecule has 1 aromatic rings. The Morgan fingerprint density at radius 2 is 1.73 bits per heavy atom. The molecule has 0 aromatic heterocycles. The van der Waals surface area contributed by atoms with E-state index in [1.165, 1.54) is 6.07 Å². The lowest BCUT2D eigenvalue weighted by atomic mass is 10.0. The molecule has 0 amide bonds. The highest BCUT2D eigenvalue weighted by molar-refractivity contribution is 5.48. The number of aromatic hydroxyl groups is 3. The summed E-state index contributed by atoms with van der Waals surface area (Å²) in [6.45, 7) is 3.26. The third kappa shape index (κ3) is 2.54. The molecule has 5 nitrogen and oxygen atoms in total. The van der Waals surface area contributed by atoms with Crippen LogP contribution in [-0.4, -0.2) is 26.5 Å². The first kappa shape index (κ1) is 11.2. The maximum Gasteiger partial charge on any atom is 0.161 e. The molecule has 0 heterocycles. The van der Waals surface area contributed by atoms with E-state index < -0.39 is 11.8 Å². The second kappa shape index (κ2) is 4.10. The van der Waals surface area contributed by atoms with Gasteiger partial charge in [0.05, 0.1) is 6.04 Å². The molecule has 82 valence electrons. The molecule has 0 spiro atoms. The van der Waals surface area contributed by atoms with Gasteiger partial charge in [0.25, 0.3) is 0 Å². The minimum Gasteiger partial charge on any atom is -0.511 e. The fraction of sp³-hybridized carbons (Fsp3) is 0.200. The van der Waals surface area contributed by atoms with E-state index in [4.69, 9.17) is 15.9 Å². The molecule has 1 unspecified atom stereocenters. The van der Waals surface area contributed by atoms with Crippen molar-refractivity contribution in [3.8, 4) is 17.2 Å². The maximum absolute atomic E-state index is 9.41. The van der Waals surface area contributed by atoms with E-state index in [0.717, 1.165) is 6.07 Å². The number of hydrogen-bond donors (Lipinski definition) is 5. The third-order valence-corrected chi connectivity index (χ3v) is 2.04. The molecule has 0 radical (unpaired) electrons. The summed E-state index contributed by atoms with van der Waals surface area (Å²) in [5.41, 5.74) is 5.83. The van der Waals surface area contributed by atoms with Crippen LogP contribution in [0.15, 0.2) is 24.5 Å². The largest absolute Gasteiger partial charge is 0.511 e. The number of rotatable bonds is 3. The van der Waals surface area contributed by atoms with Gasteiger partial charge in [-0.2, -0.15) is 0 Å². The SMILES string of the molecule is C=C(O)C(N)Cc1cc(O)c(O)cc1O. The summed E-state index contributed by atoms with van der Waals surface area (Å²) in [5.74, 6) is -1.16. The van der Waals surface area contributed by atoms with Gasteiger partial charge >= 0.3 is 0 Å². The lowest BCUT2D eigenvalue weighted by molar-refractivity contribution is 0.364. The lowest BCUT2D eigenvalue weighted by Gasteiger charge is -2.11. The molecule has 0 bridgehead atoms. The van der Waals surface area contributed by atoms with E-state index in [-0.39, 0.29) is 23.7 Å². The molecule has 0 aliphatic heterocycles. The van der Waals surface area contributed by atoms with Crippen LogP contribution in [0.5, 0.6) is 17.2 Å². The van der Waals surface area contributed by atoms with E-state index in [1.807, 2.05) is 0 Å². The van der Waals surface area contributed by atoms with Gasteiger partial charge in [-0.15, -0.1) is 0 Å². The zero-order chi connectivity index (χ0) is 11.6. The van der Waals surface area contributed by atoms with E-state index in [2.05, 4.69) is 6.58 Å². The molecule has 0 aliphatic rings. The quantitative estimate of drug-likeness (QED) is 0.288. The molecule has 0 fully saturated rings. The Kier molecular flexibility index (Phi) is 3.06. The second-order valence-electron chi connectivity index (χ2n) is 3.27. The van der Waals surface area contributed by atoms with Crippen LogP contribution >= 0.6 is 0 Å². The van der Waals surface area contributed by atoms with E-state index in [9.17, 15) is 10.2 Å². The summed E-state index contributed by atoms with van der Waals surface area (Å²) >= 11 is 0. The van der Waals surface area contributed by atoms with Crippen LogP contribution in [0.4, 0.5) is 0 Å². The minimum atomic E-state index is -0.722. The monoisotopic (exact) mass is 211 g/mol. The van der Waals surface area contributed by atoms with Gasteiger partial charge in [-0.25, -0.2) is 0 Å². The average Bonchev–Trinajstić information content (AvgIpc) is 2.13. The van der Waals surface area contributed by atoms with Crippen LogP contribution in [0.1, 0.15) is 5.56 Å². The number of nitrogens with two attached hydrogens (primary N) is 1. The standard InChI is InChI=1S/C10H13NO4/c1-5(12)7(11)2-6-3-9(14)10(15)4-8(6)13/h3-4,7,12-15H,1-2,11H2. The Labute approximate surface area is 86.7 Å². The molecule has 6 N–H and O–H groups in total. The first-order valence-electron chi connectivity index (χ1n) is 4.29. The highest BCUT2D eigenvalue weighted by Crippen LogP contribution is 2.32. The van der Waals surface area contributed by atoms with Gasteiger partial charge in [-0.3, -0.25) is 0 Å². The molecule has 0 saturated heterocycles. The predicted molar refractivity (Wildman–Crippen MR) is 54.9 cm³/mol. The lowest BCUT2D eigenvalue weighted by Crippen LogP contribution is -2.24. The second-order valence-corrected chi connectivity index (χ2v) is 3.27. The summed E-state index contributed by atoms with van der Waals surface area (Å²) < 4.78 is 0. The van der Waals surface area contributed by atoms with Crippen molar-refractivity contribution in [1.29, 1.82) is 0 Å². The van der Waals surface area contributed by atoms with Crippen LogP contribution in [0, 0.1) is 0 Å². The van der Waals surface area contributed by atoms with Crippen molar-refractivity contribution in [3.63, 3.8) is 0 Å². The van der Waals surface area contributed by atoms with Crippen LogP contribution < -0.4 is 5.73 Å².